The highest BCUT2D eigenvalue weighted by molar-refractivity contribution is 7.95. The zero-order valence-corrected chi connectivity index (χ0v) is 17.5. The van der Waals surface area contributed by atoms with E-state index >= 15 is 0 Å². The number of hydrogen-bond acceptors (Lipinski definition) is 4. The molecule has 3 aromatic carbocycles. The second-order valence-corrected chi connectivity index (χ2v) is 9.32. The number of benzene rings is 3. The number of amides is 1. The highest BCUT2D eigenvalue weighted by Gasteiger charge is 2.46. The van der Waals surface area contributed by atoms with Gasteiger partial charge in [0, 0.05) is 6.54 Å². The Morgan fingerprint density at radius 2 is 1.55 bits per heavy atom. The number of nitrogens with zero attached hydrogens (tertiary/aromatic N) is 1. The zero-order chi connectivity index (χ0) is 22.2. The van der Waals surface area contributed by atoms with Gasteiger partial charge < -0.3 is 10.0 Å². The number of carbonyl (C=O) groups is 1. The van der Waals surface area contributed by atoms with E-state index in [1.807, 2.05) is 6.92 Å². The van der Waals surface area contributed by atoms with Gasteiger partial charge >= 0.3 is 0 Å². The Kier molecular flexibility index (Phi) is 5.37. The summed E-state index contributed by atoms with van der Waals surface area (Å²) in [4.78, 5) is 13.9. The summed E-state index contributed by atoms with van der Waals surface area (Å²) in [5, 5.41) is 10.7. The third kappa shape index (κ3) is 3.84. The standard InChI is InChI=1S/C24H20FNO4S/c1-16-7-13-20(14-8-16)31(29,30)23-21(18-5-3-2-4-6-18)26(24(28)22(23)27)15-17-9-11-19(25)12-10-17/h2-14,21,27H,15H2,1H3/t21-/m1/s1. The fourth-order valence-electron chi connectivity index (χ4n) is 3.66. The summed E-state index contributed by atoms with van der Waals surface area (Å²) in [5.41, 5.74) is 2.04. The molecule has 0 saturated carbocycles. The minimum atomic E-state index is -4.16. The lowest BCUT2D eigenvalue weighted by Crippen LogP contribution is -2.30. The molecule has 7 heteroatoms. The first-order valence-corrected chi connectivity index (χ1v) is 11.1. The maximum atomic E-state index is 13.5. The van der Waals surface area contributed by atoms with E-state index in [1.54, 1.807) is 42.5 Å². The molecule has 3 aromatic rings. The Hall–Kier alpha value is -3.45. The Labute approximate surface area is 180 Å². The fourth-order valence-corrected chi connectivity index (χ4v) is 5.31. The van der Waals surface area contributed by atoms with Crippen LogP contribution in [0.25, 0.3) is 0 Å². The zero-order valence-electron chi connectivity index (χ0n) is 16.7. The topological polar surface area (TPSA) is 74.7 Å². The van der Waals surface area contributed by atoms with Gasteiger partial charge in [-0.15, -0.1) is 0 Å². The Balaban J connectivity index is 1.83. The molecule has 1 aliphatic heterocycles. The smallest absolute Gasteiger partial charge is 0.290 e. The van der Waals surface area contributed by atoms with Gasteiger partial charge in [0.2, 0.25) is 9.84 Å². The Bertz CT molecular complexity index is 1250. The van der Waals surface area contributed by atoms with Crippen LogP contribution in [0.1, 0.15) is 22.7 Å². The number of halogens is 1. The molecule has 0 aliphatic carbocycles. The van der Waals surface area contributed by atoms with E-state index in [-0.39, 0.29) is 16.3 Å². The minimum Gasteiger partial charge on any atom is -0.502 e. The summed E-state index contributed by atoms with van der Waals surface area (Å²) in [7, 11) is -4.16. The second-order valence-electron chi connectivity index (χ2n) is 7.40. The van der Waals surface area contributed by atoms with Gasteiger partial charge in [-0.2, -0.15) is 0 Å². The third-order valence-electron chi connectivity index (χ3n) is 5.26. The third-order valence-corrected chi connectivity index (χ3v) is 7.15. The highest BCUT2D eigenvalue weighted by atomic mass is 32.2. The van der Waals surface area contributed by atoms with Gasteiger partial charge in [0.05, 0.1) is 10.9 Å². The summed E-state index contributed by atoms with van der Waals surface area (Å²) < 4.78 is 40.3. The van der Waals surface area contributed by atoms with Crippen LogP contribution in [0.15, 0.2) is 94.4 Å². The summed E-state index contributed by atoms with van der Waals surface area (Å²) >= 11 is 0. The largest absolute Gasteiger partial charge is 0.502 e. The van der Waals surface area contributed by atoms with Crippen LogP contribution in [-0.4, -0.2) is 24.3 Å². The molecule has 0 unspecified atom stereocenters. The Morgan fingerprint density at radius 3 is 2.16 bits per heavy atom. The monoisotopic (exact) mass is 437 g/mol. The molecule has 1 atom stereocenters. The number of hydrogen-bond donors (Lipinski definition) is 1. The molecule has 0 saturated heterocycles. The van der Waals surface area contributed by atoms with Crippen LogP contribution in [-0.2, 0) is 21.2 Å². The molecule has 0 fully saturated rings. The highest BCUT2D eigenvalue weighted by Crippen LogP contribution is 2.43. The second kappa shape index (κ2) is 8.00. The number of aliphatic hydroxyl groups is 1. The van der Waals surface area contributed by atoms with Gasteiger partial charge in [0.25, 0.3) is 5.91 Å². The molecule has 0 spiro atoms. The maximum absolute atomic E-state index is 13.5. The van der Waals surface area contributed by atoms with Crippen molar-refractivity contribution in [2.24, 2.45) is 0 Å². The molecule has 4 rings (SSSR count). The Morgan fingerprint density at radius 1 is 0.935 bits per heavy atom. The lowest BCUT2D eigenvalue weighted by atomic mass is 10.1. The van der Waals surface area contributed by atoms with Crippen molar-refractivity contribution in [1.82, 2.24) is 4.90 Å². The van der Waals surface area contributed by atoms with Crippen molar-refractivity contribution >= 4 is 15.7 Å². The molecule has 0 bridgehead atoms. The van der Waals surface area contributed by atoms with Gasteiger partial charge in [-0.25, -0.2) is 12.8 Å². The van der Waals surface area contributed by atoms with Gasteiger partial charge in [-0.3, -0.25) is 4.79 Å². The lowest BCUT2D eigenvalue weighted by Gasteiger charge is -2.27. The first-order valence-electron chi connectivity index (χ1n) is 9.64. The molecular formula is C24H20FNO4S. The van der Waals surface area contributed by atoms with Crippen LogP contribution in [0.2, 0.25) is 0 Å². The van der Waals surface area contributed by atoms with Crippen molar-refractivity contribution in [3.8, 4) is 0 Å². The molecule has 0 aromatic heterocycles. The van der Waals surface area contributed by atoms with Crippen LogP contribution in [0.4, 0.5) is 4.39 Å². The number of sulfone groups is 1. The van der Waals surface area contributed by atoms with Gasteiger partial charge in [-0.05, 0) is 42.3 Å². The van der Waals surface area contributed by atoms with Crippen molar-refractivity contribution in [2.75, 3.05) is 0 Å². The van der Waals surface area contributed by atoms with E-state index in [1.165, 1.54) is 41.3 Å². The quantitative estimate of drug-likeness (QED) is 0.640. The van der Waals surface area contributed by atoms with Gasteiger partial charge in [0.15, 0.2) is 5.76 Å². The van der Waals surface area contributed by atoms with Crippen LogP contribution in [0, 0.1) is 12.7 Å². The average Bonchev–Trinajstić information content (AvgIpc) is 3.02. The average molecular weight is 437 g/mol. The van der Waals surface area contributed by atoms with E-state index in [4.69, 9.17) is 0 Å². The molecule has 5 nitrogen and oxygen atoms in total. The van der Waals surface area contributed by atoms with Crippen LogP contribution in [0.5, 0.6) is 0 Å². The van der Waals surface area contributed by atoms with E-state index in [2.05, 4.69) is 0 Å². The molecule has 0 radical (unpaired) electrons. The molecule has 31 heavy (non-hydrogen) atoms. The maximum Gasteiger partial charge on any atom is 0.290 e. The van der Waals surface area contributed by atoms with Crippen molar-refractivity contribution in [1.29, 1.82) is 0 Å². The number of aliphatic hydroxyl groups excluding tert-OH is 1. The molecular weight excluding hydrogens is 417 g/mol. The normalized spacial score (nSPS) is 16.8. The van der Waals surface area contributed by atoms with Gasteiger partial charge in [0.1, 0.15) is 10.7 Å². The summed E-state index contributed by atoms with van der Waals surface area (Å²) in [6.45, 7) is 1.85. The minimum absolute atomic E-state index is 0.00277. The van der Waals surface area contributed by atoms with E-state index in [0.29, 0.717) is 11.1 Å². The number of aryl methyl sites for hydroxylation is 1. The van der Waals surface area contributed by atoms with Crippen LogP contribution >= 0.6 is 0 Å². The predicted molar refractivity (Wildman–Crippen MR) is 114 cm³/mol. The molecule has 1 aliphatic rings. The van der Waals surface area contributed by atoms with Crippen molar-refractivity contribution in [3.63, 3.8) is 0 Å². The van der Waals surface area contributed by atoms with E-state index in [9.17, 15) is 22.7 Å². The number of rotatable bonds is 5. The first-order chi connectivity index (χ1) is 14.8. The van der Waals surface area contributed by atoms with Crippen LogP contribution in [0.3, 0.4) is 0 Å². The molecule has 158 valence electrons. The van der Waals surface area contributed by atoms with Crippen molar-refractivity contribution in [3.05, 3.63) is 112 Å². The summed E-state index contributed by atoms with van der Waals surface area (Å²) in [5.74, 6) is -2.00. The fraction of sp³-hybridized carbons (Fsp3) is 0.125. The lowest BCUT2D eigenvalue weighted by molar-refractivity contribution is -0.130. The summed E-state index contributed by atoms with van der Waals surface area (Å²) in [6, 6.07) is 19.5. The molecule has 1 N–H and O–H groups in total. The van der Waals surface area contributed by atoms with E-state index in [0.717, 1.165) is 5.56 Å². The molecule has 1 heterocycles. The predicted octanol–water partition coefficient (Wildman–Crippen LogP) is 4.46. The van der Waals surface area contributed by atoms with E-state index < -0.39 is 33.4 Å². The molecule has 1 amide bonds. The van der Waals surface area contributed by atoms with Crippen LogP contribution < -0.4 is 0 Å². The first kappa shape index (κ1) is 20.8. The number of carbonyl (C=O) groups excluding carboxylic acids is 1. The SMILES string of the molecule is Cc1ccc(S(=O)(=O)C2=C(O)C(=O)N(Cc3ccc(F)cc3)[C@@H]2c2ccccc2)cc1. The van der Waals surface area contributed by atoms with Crippen molar-refractivity contribution in [2.45, 2.75) is 24.4 Å². The van der Waals surface area contributed by atoms with Gasteiger partial charge in [-0.1, -0.05) is 60.2 Å². The van der Waals surface area contributed by atoms with Crippen molar-refractivity contribution < 1.29 is 22.7 Å². The summed E-state index contributed by atoms with van der Waals surface area (Å²) in [6.07, 6.45) is 0.